The van der Waals surface area contributed by atoms with Crippen LogP contribution in [0.15, 0.2) is 96.6 Å². The molecule has 4 aliphatic carbocycles. The van der Waals surface area contributed by atoms with E-state index in [1.807, 2.05) is 6.08 Å². The highest BCUT2D eigenvalue weighted by Crippen LogP contribution is 2.69. The summed E-state index contributed by atoms with van der Waals surface area (Å²) in [5.74, 6) is 1.66. The van der Waals surface area contributed by atoms with Crippen molar-refractivity contribution in [2.75, 3.05) is 0 Å². The molecule has 4 nitrogen and oxygen atoms in total. The SMILES string of the molecule is CC(=O)C1(O)CC[C@H]2[C@@H]3CCC4=CC(=O)CC[C@@]4(C)[C@@H]3CC[C@@]21CCCc1ccc(CO[Si](c2ccccc2)(c2ccccc2)C(C)(C)C)cc1. The molecule has 51 heavy (non-hydrogen) atoms. The van der Waals surface area contributed by atoms with E-state index in [1.165, 1.54) is 27.1 Å². The smallest absolute Gasteiger partial charge is 0.261 e. The fourth-order valence-corrected chi connectivity index (χ4v) is 16.3. The number of aliphatic hydroxyl groups is 1. The molecule has 270 valence electrons. The van der Waals surface area contributed by atoms with Crippen molar-refractivity contribution in [1.29, 1.82) is 0 Å². The van der Waals surface area contributed by atoms with Gasteiger partial charge in [-0.2, -0.15) is 0 Å². The molecule has 6 atom stereocenters. The second-order valence-electron chi connectivity index (χ2n) is 17.7. The van der Waals surface area contributed by atoms with Gasteiger partial charge >= 0.3 is 0 Å². The lowest BCUT2D eigenvalue weighted by Gasteiger charge is -2.60. The third-order valence-corrected chi connectivity index (χ3v) is 19.4. The Hall–Kier alpha value is -3.12. The molecule has 0 aromatic heterocycles. The van der Waals surface area contributed by atoms with Crippen molar-refractivity contribution in [3.8, 4) is 0 Å². The van der Waals surface area contributed by atoms with Gasteiger partial charge < -0.3 is 9.53 Å². The zero-order chi connectivity index (χ0) is 36.1. The summed E-state index contributed by atoms with van der Waals surface area (Å²) in [7, 11) is -2.62. The van der Waals surface area contributed by atoms with E-state index in [0.717, 1.165) is 57.8 Å². The first-order valence-electron chi connectivity index (χ1n) is 19.6. The quantitative estimate of drug-likeness (QED) is 0.215. The largest absolute Gasteiger partial charge is 0.403 e. The highest BCUT2D eigenvalue weighted by Gasteiger charge is 2.67. The van der Waals surface area contributed by atoms with Gasteiger partial charge in [0, 0.05) is 11.8 Å². The first-order valence-corrected chi connectivity index (χ1v) is 21.6. The lowest BCUT2D eigenvalue weighted by Crippen LogP contribution is -2.66. The van der Waals surface area contributed by atoms with Crippen LogP contribution < -0.4 is 10.4 Å². The average molecular weight is 703 g/mol. The number of hydrogen-bond acceptors (Lipinski definition) is 4. The van der Waals surface area contributed by atoms with Gasteiger partial charge in [-0.15, -0.1) is 0 Å². The Balaban J connectivity index is 1.06. The summed E-state index contributed by atoms with van der Waals surface area (Å²) in [5, 5.41) is 14.7. The molecule has 0 amide bonds. The van der Waals surface area contributed by atoms with E-state index in [-0.39, 0.29) is 27.4 Å². The fourth-order valence-electron chi connectivity index (χ4n) is 11.8. The van der Waals surface area contributed by atoms with Gasteiger partial charge in [0.2, 0.25) is 0 Å². The van der Waals surface area contributed by atoms with E-state index < -0.39 is 13.9 Å². The van der Waals surface area contributed by atoms with Gasteiger partial charge in [-0.05, 0) is 127 Å². The van der Waals surface area contributed by atoms with Crippen molar-refractivity contribution in [3.63, 3.8) is 0 Å². The molecule has 7 rings (SSSR count). The summed E-state index contributed by atoms with van der Waals surface area (Å²) >= 11 is 0. The second kappa shape index (κ2) is 13.7. The van der Waals surface area contributed by atoms with Crippen molar-refractivity contribution in [3.05, 3.63) is 108 Å². The Morgan fingerprint density at radius 3 is 2.04 bits per heavy atom. The highest BCUT2D eigenvalue weighted by molar-refractivity contribution is 6.99. The molecule has 3 aromatic carbocycles. The van der Waals surface area contributed by atoms with Gasteiger partial charge in [0.25, 0.3) is 8.32 Å². The van der Waals surface area contributed by atoms with Crippen molar-refractivity contribution in [2.24, 2.45) is 28.6 Å². The predicted molar refractivity (Wildman–Crippen MR) is 208 cm³/mol. The first-order chi connectivity index (χ1) is 24.3. The number of fused-ring (bicyclic) bond motifs is 5. The fraction of sp³-hybridized carbons (Fsp3) is 0.522. The molecule has 5 heteroatoms. The molecule has 0 heterocycles. The summed E-state index contributed by atoms with van der Waals surface area (Å²) < 4.78 is 7.19. The number of rotatable bonds is 10. The third-order valence-electron chi connectivity index (χ3n) is 14.4. The average Bonchev–Trinajstić information content (AvgIpc) is 3.43. The molecular formula is C46H58O4Si. The number of Topliss-reactive ketones (excluding diaryl/α,β-unsaturated/α-hetero) is 1. The van der Waals surface area contributed by atoms with E-state index in [2.05, 4.69) is 113 Å². The Labute approximate surface area is 307 Å². The predicted octanol–water partition coefficient (Wildman–Crippen LogP) is 8.92. The van der Waals surface area contributed by atoms with E-state index in [4.69, 9.17) is 4.43 Å². The number of ketones is 2. The first kappa shape index (κ1) is 36.2. The standard InChI is InChI=1S/C46H58O4Si/c1-33(47)46(49)30-26-42-40-23-22-36-31-37(48)24-28-44(36,5)41(40)25-29-45(42,46)27-12-13-34-18-20-35(21-19-34)32-50-51(43(2,3)4,38-14-8-6-9-15-38)39-16-10-7-11-17-39/h6-11,14-21,31,40-42,49H,12-13,22-30,32H2,1-5H3/t40-,41-,42+,44-,45+,46?/m1/s1. The molecule has 0 radical (unpaired) electrons. The van der Waals surface area contributed by atoms with Gasteiger partial charge in [-0.25, -0.2) is 0 Å². The van der Waals surface area contributed by atoms with Gasteiger partial charge in [0.15, 0.2) is 11.6 Å². The Kier molecular flexibility index (Phi) is 9.73. The van der Waals surface area contributed by atoms with E-state index in [9.17, 15) is 14.7 Å². The van der Waals surface area contributed by atoms with Gasteiger partial charge in [0.1, 0.15) is 5.60 Å². The molecule has 3 saturated carbocycles. The van der Waals surface area contributed by atoms with E-state index >= 15 is 0 Å². The van der Waals surface area contributed by atoms with Crippen LogP contribution in [-0.4, -0.2) is 30.6 Å². The van der Waals surface area contributed by atoms with Crippen LogP contribution >= 0.6 is 0 Å². The van der Waals surface area contributed by atoms with Crippen LogP contribution in [0.3, 0.4) is 0 Å². The minimum Gasteiger partial charge on any atom is -0.403 e. The lowest BCUT2D eigenvalue weighted by atomic mass is 9.45. The second-order valence-corrected chi connectivity index (χ2v) is 22.0. The van der Waals surface area contributed by atoms with Gasteiger partial charge in [0.05, 0.1) is 6.61 Å². The van der Waals surface area contributed by atoms with Crippen molar-refractivity contribution < 1.29 is 19.1 Å². The minimum absolute atomic E-state index is 0.0421. The molecule has 4 aliphatic rings. The summed E-state index contributed by atoms with van der Waals surface area (Å²) in [4.78, 5) is 25.6. The summed E-state index contributed by atoms with van der Waals surface area (Å²) in [5.41, 5.74) is 2.34. The van der Waals surface area contributed by atoms with Crippen LogP contribution in [0.25, 0.3) is 0 Å². The normalized spacial score (nSPS) is 30.6. The van der Waals surface area contributed by atoms with Crippen LogP contribution in [0.2, 0.25) is 5.04 Å². The number of allylic oxidation sites excluding steroid dienone is 1. The molecule has 1 N–H and O–H groups in total. The highest BCUT2D eigenvalue weighted by atomic mass is 28.4. The van der Waals surface area contributed by atoms with E-state index in [1.54, 1.807) is 6.92 Å². The Morgan fingerprint density at radius 1 is 0.824 bits per heavy atom. The van der Waals surface area contributed by atoms with Gasteiger partial charge in [-0.1, -0.05) is 118 Å². The van der Waals surface area contributed by atoms with Crippen molar-refractivity contribution >= 4 is 30.3 Å². The van der Waals surface area contributed by atoms with Gasteiger partial charge in [-0.3, -0.25) is 9.59 Å². The lowest BCUT2D eigenvalue weighted by molar-refractivity contribution is -0.166. The Bertz CT molecular complexity index is 1720. The maximum atomic E-state index is 13.3. The molecule has 0 aliphatic heterocycles. The third kappa shape index (κ3) is 6.05. The molecule has 3 aromatic rings. The van der Waals surface area contributed by atoms with Crippen LogP contribution in [0.1, 0.15) is 110 Å². The van der Waals surface area contributed by atoms with Crippen molar-refractivity contribution in [1.82, 2.24) is 0 Å². The minimum atomic E-state index is -2.62. The monoisotopic (exact) mass is 702 g/mol. The van der Waals surface area contributed by atoms with Crippen LogP contribution in [0, 0.1) is 28.6 Å². The molecule has 1 unspecified atom stereocenters. The zero-order valence-electron chi connectivity index (χ0n) is 31.5. The maximum Gasteiger partial charge on any atom is 0.261 e. The molecule has 0 bridgehead atoms. The zero-order valence-corrected chi connectivity index (χ0v) is 32.5. The molecule has 0 spiro atoms. The molecule has 0 saturated heterocycles. The number of carbonyl (C=O) groups excluding carboxylic acids is 2. The molecule has 3 fully saturated rings. The van der Waals surface area contributed by atoms with Crippen LogP contribution in [-0.2, 0) is 27.0 Å². The summed E-state index contributed by atoms with van der Waals surface area (Å²) in [6.07, 6.45) is 11.9. The number of carbonyl (C=O) groups is 2. The Morgan fingerprint density at radius 2 is 1.43 bits per heavy atom. The van der Waals surface area contributed by atoms with Crippen LogP contribution in [0.5, 0.6) is 0 Å². The van der Waals surface area contributed by atoms with Crippen molar-refractivity contribution in [2.45, 2.75) is 122 Å². The summed E-state index contributed by atoms with van der Waals surface area (Å²) in [6, 6.07) is 30.6. The topological polar surface area (TPSA) is 63.6 Å². The maximum absolute atomic E-state index is 13.3. The summed E-state index contributed by atoms with van der Waals surface area (Å²) in [6.45, 7) is 11.5. The van der Waals surface area contributed by atoms with Crippen LogP contribution in [0.4, 0.5) is 0 Å². The van der Waals surface area contributed by atoms with E-state index in [0.29, 0.717) is 37.2 Å². The molecular weight excluding hydrogens is 645 g/mol. The number of benzene rings is 3. The number of aryl methyl sites for hydroxylation is 1. The number of hydrogen-bond donors (Lipinski definition) is 1.